The molecule has 3 rings (SSSR count). The van der Waals surface area contributed by atoms with Crippen molar-refractivity contribution >= 4 is 17.3 Å². The fourth-order valence-corrected chi connectivity index (χ4v) is 3.31. The Labute approximate surface area is 166 Å². The highest BCUT2D eigenvalue weighted by Gasteiger charge is 2.22. The third kappa shape index (κ3) is 5.40. The Morgan fingerprint density at radius 1 is 1.17 bits per heavy atom. The second-order valence-electron chi connectivity index (χ2n) is 6.68. The third-order valence-corrected chi connectivity index (χ3v) is 4.73. The minimum absolute atomic E-state index is 0.0691. The van der Waals surface area contributed by atoms with Crippen LogP contribution in [-0.2, 0) is 6.42 Å². The Kier molecular flexibility index (Phi) is 6.58. The molecule has 9 heteroatoms. The van der Waals surface area contributed by atoms with E-state index in [1.165, 1.54) is 24.3 Å². The molecule has 7 nitrogen and oxygen atoms in total. The Morgan fingerprint density at radius 3 is 2.48 bits per heavy atom. The van der Waals surface area contributed by atoms with Crippen LogP contribution in [0.15, 0.2) is 42.5 Å². The van der Waals surface area contributed by atoms with Crippen molar-refractivity contribution in [1.29, 1.82) is 0 Å². The van der Waals surface area contributed by atoms with Gasteiger partial charge in [-0.25, -0.2) is 0 Å². The van der Waals surface area contributed by atoms with E-state index in [0.717, 1.165) is 31.5 Å². The van der Waals surface area contributed by atoms with Crippen LogP contribution < -0.4 is 15.0 Å². The summed E-state index contributed by atoms with van der Waals surface area (Å²) in [5.74, 6) is -0.312. The SMILES string of the molecule is O=C(NCCc1ccc(OC(F)F)cc1)c1cc([N+](=O)[O-])ccc1N1CCCC1. The number of rotatable bonds is 8. The molecular weight excluding hydrogens is 384 g/mol. The van der Waals surface area contributed by atoms with Gasteiger partial charge in [0.15, 0.2) is 0 Å². The van der Waals surface area contributed by atoms with E-state index in [4.69, 9.17) is 0 Å². The molecule has 1 saturated heterocycles. The van der Waals surface area contributed by atoms with Crippen LogP contribution in [0.3, 0.4) is 0 Å². The van der Waals surface area contributed by atoms with Gasteiger partial charge in [-0.3, -0.25) is 14.9 Å². The lowest BCUT2D eigenvalue weighted by Gasteiger charge is -2.20. The largest absolute Gasteiger partial charge is 0.435 e. The van der Waals surface area contributed by atoms with Gasteiger partial charge in [-0.05, 0) is 43.0 Å². The first-order valence-corrected chi connectivity index (χ1v) is 9.29. The van der Waals surface area contributed by atoms with Crippen molar-refractivity contribution in [3.63, 3.8) is 0 Å². The number of halogens is 2. The number of hydrogen-bond donors (Lipinski definition) is 1. The summed E-state index contributed by atoms with van der Waals surface area (Å²) in [5.41, 5.74) is 1.68. The van der Waals surface area contributed by atoms with Gasteiger partial charge in [-0.2, -0.15) is 8.78 Å². The van der Waals surface area contributed by atoms with Crippen LogP contribution in [0.1, 0.15) is 28.8 Å². The van der Waals surface area contributed by atoms with Crippen LogP contribution in [0.4, 0.5) is 20.2 Å². The van der Waals surface area contributed by atoms with Crippen molar-refractivity contribution in [2.45, 2.75) is 25.9 Å². The maximum absolute atomic E-state index is 12.7. The van der Waals surface area contributed by atoms with Crippen molar-refractivity contribution in [3.8, 4) is 5.75 Å². The standard InChI is InChI=1S/C20H21F2N3O4/c21-20(22)29-16-6-3-14(4-7-16)9-10-23-19(26)17-13-15(25(27)28)5-8-18(17)24-11-1-2-12-24/h3-8,13,20H,1-2,9-12H2,(H,23,26). The molecule has 0 unspecified atom stereocenters. The molecule has 154 valence electrons. The summed E-state index contributed by atoms with van der Waals surface area (Å²) in [4.78, 5) is 25.3. The van der Waals surface area contributed by atoms with Crippen LogP contribution in [0.25, 0.3) is 0 Å². The number of carbonyl (C=O) groups is 1. The summed E-state index contributed by atoms with van der Waals surface area (Å²) in [6, 6.07) is 10.5. The molecule has 1 aliphatic rings. The van der Waals surface area contributed by atoms with E-state index in [0.29, 0.717) is 18.7 Å². The number of ether oxygens (including phenoxy) is 1. The van der Waals surface area contributed by atoms with Gasteiger partial charge in [0, 0.05) is 31.8 Å². The van der Waals surface area contributed by atoms with Crippen molar-refractivity contribution < 1.29 is 23.2 Å². The Bertz CT molecular complexity index is 869. The number of non-ortho nitro benzene ring substituents is 1. The molecular formula is C20H21F2N3O4. The molecule has 0 atom stereocenters. The first-order chi connectivity index (χ1) is 13.9. The number of benzene rings is 2. The Balaban J connectivity index is 1.65. The number of nitro benzene ring substituents is 1. The number of nitrogens with zero attached hydrogens (tertiary/aromatic N) is 2. The molecule has 1 fully saturated rings. The zero-order valence-electron chi connectivity index (χ0n) is 15.6. The fraction of sp³-hybridized carbons (Fsp3) is 0.350. The summed E-state index contributed by atoms with van der Waals surface area (Å²) in [7, 11) is 0. The van der Waals surface area contributed by atoms with Crippen molar-refractivity contribution in [2.75, 3.05) is 24.5 Å². The zero-order valence-corrected chi connectivity index (χ0v) is 15.6. The van der Waals surface area contributed by atoms with E-state index in [1.54, 1.807) is 18.2 Å². The molecule has 1 amide bonds. The minimum Gasteiger partial charge on any atom is -0.435 e. The molecule has 1 heterocycles. The maximum atomic E-state index is 12.7. The average Bonchev–Trinajstić information content (AvgIpc) is 3.23. The van der Waals surface area contributed by atoms with E-state index in [-0.39, 0.29) is 22.9 Å². The normalized spacial score (nSPS) is 13.6. The number of carbonyl (C=O) groups excluding carboxylic acids is 1. The van der Waals surface area contributed by atoms with Crippen LogP contribution in [0, 0.1) is 10.1 Å². The molecule has 0 aliphatic carbocycles. The number of nitrogens with one attached hydrogen (secondary N) is 1. The zero-order chi connectivity index (χ0) is 20.8. The van der Waals surface area contributed by atoms with E-state index < -0.39 is 11.5 Å². The molecule has 29 heavy (non-hydrogen) atoms. The number of amides is 1. The number of anilines is 1. The Morgan fingerprint density at radius 2 is 1.86 bits per heavy atom. The van der Waals surface area contributed by atoms with Crippen molar-refractivity contribution in [3.05, 3.63) is 63.7 Å². The summed E-state index contributed by atoms with van der Waals surface area (Å²) in [6.45, 7) is -0.952. The number of nitro groups is 1. The topological polar surface area (TPSA) is 84.7 Å². The molecule has 2 aromatic carbocycles. The van der Waals surface area contributed by atoms with Gasteiger partial charge in [0.05, 0.1) is 16.2 Å². The van der Waals surface area contributed by atoms with Crippen LogP contribution in [-0.4, -0.2) is 37.1 Å². The third-order valence-electron chi connectivity index (χ3n) is 4.73. The summed E-state index contributed by atoms with van der Waals surface area (Å²) in [6.07, 6.45) is 2.52. The predicted octanol–water partition coefficient (Wildman–Crippen LogP) is 3.77. The maximum Gasteiger partial charge on any atom is 0.387 e. The lowest BCUT2D eigenvalue weighted by Crippen LogP contribution is -2.29. The summed E-state index contributed by atoms with van der Waals surface area (Å²) < 4.78 is 28.7. The molecule has 0 spiro atoms. The highest BCUT2D eigenvalue weighted by atomic mass is 19.3. The molecule has 0 radical (unpaired) electrons. The van der Waals surface area contributed by atoms with E-state index in [1.807, 2.05) is 0 Å². The van der Waals surface area contributed by atoms with Gasteiger partial charge in [-0.15, -0.1) is 0 Å². The highest BCUT2D eigenvalue weighted by Crippen LogP contribution is 2.28. The lowest BCUT2D eigenvalue weighted by molar-refractivity contribution is -0.384. The van der Waals surface area contributed by atoms with Crippen molar-refractivity contribution in [2.24, 2.45) is 0 Å². The van der Waals surface area contributed by atoms with Gasteiger partial charge in [-0.1, -0.05) is 12.1 Å². The van der Waals surface area contributed by atoms with E-state index in [9.17, 15) is 23.7 Å². The summed E-state index contributed by atoms with van der Waals surface area (Å²) in [5, 5.41) is 13.9. The second kappa shape index (κ2) is 9.31. The lowest BCUT2D eigenvalue weighted by atomic mass is 10.1. The van der Waals surface area contributed by atoms with Gasteiger partial charge >= 0.3 is 6.61 Å². The first-order valence-electron chi connectivity index (χ1n) is 9.29. The quantitative estimate of drug-likeness (QED) is 0.534. The fourth-order valence-electron chi connectivity index (χ4n) is 3.31. The Hall–Kier alpha value is -3.23. The van der Waals surface area contributed by atoms with Crippen LogP contribution in [0.5, 0.6) is 5.75 Å². The molecule has 1 N–H and O–H groups in total. The van der Waals surface area contributed by atoms with Gasteiger partial charge in [0.1, 0.15) is 5.75 Å². The van der Waals surface area contributed by atoms with Crippen LogP contribution >= 0.6 is 0 Å². The number of alkyl halides is 2. The molecule has 0 saturated carbocycles. The molecule has 0 aromatic heterocycles. The predicted molar refractivity (Wildman–Crippen MR) is 104 cm³/mol. The van der Waals surface area contributed by atoms with E-state index in [2.05, 4.69) is 15.0 Å². The molecule has 0 bridgehead atoms. The minimum atomic E-state index is -2.88. The first kappa shape index (κ1) is 20.5. The smallest absolute Gasteiger partial charge is 0.387 e. The second-order valence-corrected chi connectivity index (χ2v) is 6.68. The van der Waals surface area contributed by atoms with Gasteiger partial charge in [0.2, 0.25) is 0 Å². The highest BCUT2D eigenvalue weighted by molar-refractivity contribution is 6.00. The van der Waals surface area contributed by atoms with Gasteiger partial charge < -0.3 is 15.0 Å². The molecule has 1 aliphatic heterocycles. The molecule has 2 aromatic rings. The van der Waals surface area contributed by atoms with Gasteiger partial charge in [0.25, 0.3) is 11.6 Å². The van der Waals surface area contributed by atoms with E-state index >= 15 is 0 Å². The van der Waals surface area contributed by atoms with Crippen LogP contribution in [0.2, 0.25) is 0 Å². The summed E-state index contributed by atoms with van der Waals surface area (Å²) >= 11 is 0. The monoisotopic (exact) mass is 405 g/mol. The average molecular weight is 405 g/mol. The van der Waals surface area contributed by atoms with Crippen molar-refractivity contribution in [1.82, 2.24) is 5.32 Å². The number of hydrogen-bond acceptors (Lipinski definition) is 5.